The summed E-state index contributed by atoms with van der Waals surface area (Å²) in [5.41, 5.74) is 0.731. The lowest BCUT2D eigenvalue weighted by Gasteiger charge is -2.15. The van der Waals surface area contributed by atoms with E-state index in [9.17, 15) is 19.4 Å². The van der Waals surface area contributed by atoms with Crippen molar-refractivity contribution in [3.63, 3.8) is 0 Å². The minimum absolute atomic E-state index is 0.150. The van der Waals surface area contributed by atoms with Crippen molar-refractivity contribution in [3.05, 3.63) is 59.4 Å². The first-order chi connectivity index (χ1) is 9.97. The van der Waals surface area contributed by atoms with Crippen LogP contribution in [0.5, 0.6) is 11.5 Å². The highest BCUT2D eigenvalue weighted by molar-refractivity contribution is 5.99. The van der Waals surface area contributed by atoms with Crippen molar-refractivity contribution >= 4 is 5.91 Å². The predicted octanol–water partition coefficient (Wildman–Crippen LogP) is 2.60. The molecule has 0 fully saturated rings. The SMILES string of the molecule is CC(Cc1ccc(F)cc1)NC(=O)c1c(O)cccc1O. The Hall–Kier alpha value is -2.56. The maximum absolute atomic E-state index is 12.8. The van der Waals surface area contributed by atoms with Crippen LogP contribution in [0, 0.1) is 5.82 Å². The number of carbonyl (C=O) groups is 1. The molecule has 0 spiro atoms. The Balaban J connectivity index is 2.04. The average molecular weight is 289 g/mol. The second kappa shape index (κ2) is 6.26. The topological polar surface area (TPSA) is 69.6 Å². The molecule has 1 atom stereocenters. The number of amides is 1. The van der Waals surface area contributed by atoms with Crippen LogP contribution in [-0.4, -0.2) is 22.2 Å². The van der Waals surface area contributed by atoms with Gasteiger partial charge in [0.15, 0.2) is 0 Å². The van der Waals surface area contributed by atoms with E-state index in [1.165, 1.54) is 30.3 Å². The molecule has 2 aromatic carbocycles. The smallest absolute Gasteiger partial charge is 0.259 e. The Morgan fingerprint density at radius 1 is 1.14 bits per heavy atom. The van der Waals surface area contributed by atoms with Gasteiger partial charge in [0.05, 0.1) is 0 Å². The van der Waals surface area contributed by atoms with Gasteiger partial charge in [-0.3, -0.25) is 4.79 Å². The van der Waals surface area contributed by atoms with Gasteiger partial charge in [-0.1, -0.05) is 18.2 Å². The zero-order valence-corrected chi connectivity index (χ0v) is 11.5. The fourth-order valence-electron chi connectivity index (χ4n) is 2.08. The van der Waals surface area contributed by atoms with Crippen LogP contribution in [0.2, 0.25) is 0 Å². The van der Waals surface area contributed by atoms with Gasteiger partial charge in [-0.25, -0.2) is 4.39 Å². The van der Waals surface area contributed by atoms with E-state index in [1.54, 1.807) is 19.1 Å². The molecule has 110 valence electrons. The normalized spacial score (nSPS) is 11.9. The summed E-state index contributed by atoms with van der Waals surface area (Å²) < 4.78 is 12.8. The van der Waals surface area contributed by atoms with E-state index >= 15 is 0 Å². The Morgan fingerprint density at radius 3 is 2.29 bits per heavy atom. The lowest BCUT2D eigenvalue weighted by Crippen LogP contribution is -2.34. The summed E-state index contributed by atoms with van der Waals surface area (Å²) in [7, 11) is 0. The van der Waals surface area contributed by atoms with Crippen molar-refractivity contribution in [1.82, 2.24) is 5.32 Å². The molecule has 0 heterocycles. The van der Waals surface area contributed by atoms with Crippen LogP contribution in [0.25, 0.3) is 0 Å². The highest BCUT2D eigenvalue weighted by Crippen LogP contribution is 2.26. The van der Waals surface area contributed by atoms with Crippen molar-refractivity contribution in [2.75, 3.05) is 0 Å². The molecule has 0 aliphatic rings. The number of rotatable bonds is 4. The third kappa shape index (κ3) is 3.72. The van der Waals surface area contributed by atoms with Crippen LogP contribution in [0.1, 0.15) is 22.8 Å². The molecule has 0 saturated carbocycles. The van der Waals surface area contributed by atoms with Gasteiger partial charge in [0.25, 0.3) is 5.91 Å². The number of hydrogen-bond donors (Lipinski definition) is 3. The minimum Gasteiger partial charge on any atom is -0.507 e. The summed E-state index contributed by atoms with van der Waals surface area (Å²) in [6, 6.07) is 9.89. The van der Waals surface area contributed by atoms with Crippen LogP contribution < -0.4 is 5.32 Å². The molecule has 0 aliphatic heterocycles. The standard InChI is InChI=1S/C16H16FNO3/c1-10(9-11-5-7-12(17)8-6-11)18-16(21)15-13(19)3-2-4-14(15)20/h2-8,10,19-20H,9H2,1H3,(H,18,21). The van der Waals surface area contributed by atoms with E-state index < -0.39 is 5.91 Å². The number of phenolic OH excluding ortho intramolecular Hbond substituents is 2. The summed E-state index contributed by atoms with van der Waals surface area (Å²) in [5, 5.41) is 22.0. The maximum Gasteiger partial charge on any atom is 0.259 e. The van der Waals surface area contributed by atoms with E-state index in [4.69, 9.17) is 0 Å². The van der Waals surface area contributed by atoms with E-state index in [2.05, 4.69) is 5.32 Å². The molecule has 0 bridgehead atoms. The predicted molar refractivity (Wildman–Crippen MR) is 76.8 cm³/mol. The van der Waals surface area contributed by atoms with Crippen LogP contribution in [-0.2, 0) is 6.42 Å². The van der Waals surface area contributed by atoms with Gasteiger partial charge in [0, 0.05) is 6.04 Å². The van der Waals surface area contributed by atoms with Crippen molar-refractivity contribution in [2.45, 2.75) is 19.4 Å². The van der Waals surface area contributed by atoms with Crippen molar-refractivity contribution < 1.29 is 19.4 Å². The average Bonchev–Trinajstić information content (AvgIpc) is 2.41. The fourth-order valence-corrected chi connectivity index (χ4v) is 2.08. The zero-order chi connectivity index (χ0) is 15.4. The third-order valence-electron chi connectivity index (χ3n) is 3.08. The molecule has 0 radical (unpaired) electrons. The van der Waals surface area contributed by atoms with Crippen LogP contribution in [0.3, 0.4) is 0 Å². The fraction of sp³-hybridized carbons (Fsp3) is 0.188. The van der Waals surface area contributed by atoms with Gasteiger partial charge in [0.2, 0.25) is 0 Å². The van der Waals surface area contributed by atoms with Gasteiger partial charge >= 0.3 is 0 Å². The van der Waals surface area contributed by atoms with Crippen LogP contribution >= 0.6 is 0 Å². The number of nitrogens with one attached hydrogen (secondary N) is 1. The number of phenols is 2. The Bertz CT molecular complexity index is 620. The van der Waals surface area contributed by atoms with Gasteiger partial charge in [0.1, 0.15) is 22.9 Å². The van der Waals surface area contributed by atoms with Crippen LogP contribution in [0.15, 0.2) is 42.5 Å². The molecular weight excluding hydrogens is 273 g/mol. The summed E-state index contributed by atoms with van der Waals surface area (Å²) >= 11 is 0. The van der Waals surface area contributed by atoms with Gasteiger partial charge in [-0.15, -0.1) is 0 Å². The van der Waals surface area contributed by atoms with E-state index in [1.807, 2.05) is 0 Å². The van der Waals surface area contributed by atoms with Gasteiger partial charge in [-0.2, -0.15) is 0 Å². The number of carbonyl (C=O) groups excluding carboxylic acids is 1. The van der Waals surface area contributed by atoms with Crippen molar-refractivity contribution in [3.8, 4) is 11.5 Å². The second-order valence-corrected chi connectivity index (χ2v) is 4.88. The Labute approximate surface area is 121 Å². The molecule has 1 unspecified atom stereocenters. The lowest BCUT2D eigenvalue weighted by molar-refractivity contribution is 0.0934. The first kappa shape index (κ1) is 14.8. The zero-order valence-electron chi connectivity index (χ0n) is 11.5. The molecule has 0 aromatic heterocycles. The summed E-state index contributed by atoms with van der Waals surface area (Å²) in [6.07, 6.45) is 0.514. The number of aromatic hydroxyl groups is 2. The van der Waals surface area contributed by atoms with Crippen LogP contribution in [0.4, 0.5) is 4.39 Å². The van der Waals surface area contributed by atoms with E-state index in [0.29, 0.717) is 6.42 Å². The molecule has 1 amide bonds. The highest BCUT2D eigenvalue weighted by atomic mass is 19.1. The highest BCUT2D eigenvalue weighted by Gasteiger charge is 2.17. The Morgan fingerprint density at radius 2 is 1.71 bits per heavy atom. The number of halogens is 1. The van der Waals surface area contributed by atoms with E-state index in [0.717, 1.165) is 5.56 Å². The molecule has 3 N–H and O–H groups in total. The molecule has 2 aromatic rings. The van der Waals surface area contributed by atoms with Gasteiger partial charge in [-0.05, 0) is 43.2 Å². The van der Waals surface area contributed by atoms with Crippen molar-refractivity contribution in [2.24, 2.45) is 0 Å². The Kier molecular flexibility index (Phi) is 4.42. The minimum atomic E-state index is -0.555. The second-order valence-electron chi connectivity index (χ2n) is 4.88. The van der Waals surface area contributed by atoms with E-state index in [-0.39, 0.29) is 28.9 Å². The maximum atomic E-state index is 12.8. The lowest BCUT2D eigenvalue weighted by atomic mass is 10.1. The molecule has 21 heavy (non-hydrogen) atoms. The first-order valence-electron chi connectivity index (χ1n) is 6.53. The monoisotopic (exact) mass is 289 g/mol. The molecule has 2 rings (SSSR count). The molecule has 0 saturated heterocycles. The molecule has 5 heteroatoms. The molecular formula is C16H16FNO3. The largest absolute Gasteiger partial charge is 0.507 e. The first-order valence-corrected chi connectivity index (χ1v) is 6.53. The van der Waals surface area contributed by atoms with Gasteiger partial charge < -0.3 is 15.5 Å². The van der Waals surface area contributed by atoms with Crippen molar-refractivity contribution in [1.29, 1.82) is 0 Å². The third-order valence-corrected chi connectivity index (χ3v) is 3.08. The summed E-state index contributed by atoms with van der Waals surface area (Å²) in [4.78, 5) is 12.0. The molecule has 4 nitrogen and oxygen atoms in total. The number of hydrogen-bond acceptors (Lipinski definition) is 3. The quantitative estimate of drug-likeness (QED) is 0.810. The summed E-state index contributed by atoms with van der Waals surface area (Å²) in [6.45, 7) is 1.79. The molecule has 0 aliphatic carbocycles. The number of benzene rings is 2. The summed E-state index contributed by atoms with van der Waals surface area (Å²) in [5.74, 6) is -1.42.